The molecule has 0 amide bonds. The van der Waals surface area contributed by atoms with Crippen LogP contribution < -0.4 is 0 Å². The van der Waals surface area contributed by atoms with Crippen LogP contribution in [-0.4, -0.2) is 56.0 Å². The summed E-state index contributed by atoms with van der Waals surface area (Å²) < 4.78 is 24.2. The van der Waals surface area contributed by atoms with Crippen molar-refractivity contribution in [1.29, 1.82) is 0 Å². The first-order chi connectivity index (χ1) is 6.00. The van der Waals surface area contributed by atoms with E-state index in [-0.39, 0.29) is 6.54 Å². The van der Waals surface area contributed by atoms with E-state index in [4.69, 9.17) is 0 Å². The Labute approximate surface area is 78.5 Å². The molecule has 13 heavy (non-hydrogen) atoms. The summed E-state index contributed by atoms with van der Waals surface area (Å²) in [5.41, 5.74) is 0. The van der Waals surface area contributed by atoms with Crippen molar-refractivity contribution in [3.63, 3.8) is 0 Å². The topological polar surface area (TPSA) is 6.48 Å². The summed E-state index contributed by atoms with van der Waals surface area (Å²) in [6.45, 7) is 3.93. The molecule has 1 aliphatic rings. The molecule has 4 heteroatoms. The lowest BCUT2D eigenvalue weighted by Crippen LogP contribution is -2.39. The molecule has 0 N–H and O–H groups in total. The molecule has 1 aliphatic heterocycles. The van der Waals surface area contributed by atoms with E-state index in [1.807, 2.05) is 7.05 Å². The summed E-state index contributed by atoms with van der Waals surface area (Å²) in [6, 6.07) is 0.291. The van der Waals surface area contributed by atoms with Gasteiger partial charge in [0.1, 0.15) is 0 Å². The zero-order chi connectivity index (χ0) is 10.0. The lowest BCUT2D eigenvalue weighted by Gasteiger charge is -2.26. The fraction of sp³-hybridized carbons (Fsp3) is 1.00. The van der Waals surface area contributed by atoms with Crippen molar-refractivity contribution in [2.75, 3.05) is 33.7 Å². The van der Waals surface area contributed by atoms with Crippen LogP contribution in [0.4, 0.5) is 8.78 Å². The Hall–Kier alpha value is -0.220. The van der Waals surface area contributed by atoms with Crippen LogP contribution in [-0.2, 0) is 0 Å². The monoisotopic (exact) mass is 192 g/mol. The molecule has 1 fully saturated rings. The molecule has 0 bridgehead atoms. The molecule has 1 rings (SSSR count). The minimum absolute atomic E-state index is 0.108. The van der Waals surface area contributed by atoms with Gasteiger partial charge in [-0.25, -0.2) is 8.78 Å². The second kappa shape index (κ2) is 4.33. The Morgan fingerprint density at radius 2 is 2.08 bits per heavy atom. The summed E-state index contributed by atoms with van der Waals surface area (Å²) in [4.78, 5) is 3.97. The second-order valence-electron chi connectivity index (χ2n) is 4.10. The quantitative estimate of drug-likeness (QED) is 0.661. The van der Waals surface area contributed by atoms with Gasteiger partial charge < -0.3 is 4.90 Å². The van der Waals surface area contributed by atoms with Crippen LogP contribution in [0.5, 0.6) is 0 Å². The summed E-state index contributed by atoms with van der Waals surface area (Å²) in [6.07, 6.45) is -2.22. The number of nitrogens with zero attached hydrogens (tertiary/aromatic N) is 2. The number of halogens is 2. The zero-order valence-electron chi connectivity index (χ0n) is 8.50. The summed E-state index contributed by atoms with van der Waals surface area (Å²) in [7, 11) is 3.82. The van der Waals surface area contributed by atoms with E-state index in [0.29, 0.717) is 12.0 Å². The van der Waals surface area contributed by atoms with Crippen molar-refractivity contribution >= 4 is 0 Å². The fourth-order valence-electron chi connectivity index (χ4n) is 2.11. The maximum Gasteiger partial charge on any atom is 0.251 e. The molecule has 0 radical (unpaired) electrons. The number of hydrogen-bond donors (Lipinski definition) is 0. The van der Waals surface area contributed by atoms with Crippen LogP contribution in [0.25, 0.3) is 0 Å². The van der Waals surface area contributed by atoms with E-state index in [2.05, 4.69) is 11.8 Å². The number of rotatable bonds is 3. The highest BCUT2D eigenvalue weighted by Crippen LogP contribution is 2.19. The van der Waals surface area contributed by atoms with E-state index in [9.17, 15) is 8.78 Å². The van der Waals surface area contributed by atoms with Crippen molar-refractivity contribution in [3.8, 4) is 0 Å². The first-order valence-corrected chi connectivity index (χ1v) is 4.67. The third-order valence-corrected chi connectivity index (χ3v) is 2.75. The van der Waals surface area contributed by atoms with Gasteiger partial charge in [0.05, 0.1) is 6.54 Å². The van der Waals surface area contributed by atoms with Gasteiger partial charge in [0, 0.05) is 19.1 Å². The molecule has 0 aromatic rings. The number of likely N-dealkylation sites (N-methyl/N-ethyl adjacent to an activating group) is 2. The van der Waals surface area contributed by atoms with Gasteiger partial charge in [-0.05, 0) is 20.0 Å². The van der Waals surface area contributed by atoms with Gasteiger partial charge in [0.2, 0.25) is 0 Å². The highest BCUT2D eigenvalue weighted by atomic mass is 19.3. The molecule has 0 spiro atoms. The third-order valence-electron chi connectivity index (χ3n) is 2.75. The van der Waals surface area contributed by atoms with Crippen LogP contribution in [0.3, 0.4) is 0 Å². The SMILES string of the molecule is CC1CN(C)CC1N(C)CC(F)F. The molecular formula is C9H18F2N2. The molecule has 0 aromatic heterocycles. The van der Waals surface area contributed by atoms with Gasteiger partial charge in [-0.2, -0.15) is 0 Å². The van der Waals surface area contributed by atoms with E-state index in [1.165, 1.54) is 0 Å². The normalized spacial score (nSPS) is 30.7. The molecule has 0 aromatic carbocycles. The van der Waals surface area contributed by atoms with Crippen LogP contribution in [0.2, 0.25) is 0 Å². The largest absolute Gasteiger partial charge is 0.304 e. The Balaban J connectivity index is 2.42. The number of likely N-dealkylation sites (tertiary alicyclic amines) is 1. The average Bonchev–Trinajstić information content (AvgIpc) is 2.28. The molecule has 0 aliphatic carbocycles. The Bertz CT molecular complexity index is 164. The van der Waals surface area contributed by atoms with Crippen molar-refractivity contribution in [3.05, 3.63) is 0 Å². The van der Waals surface area contributed by atoms with Gasteiger partial charge in [-0.3, -0.25) is 4.90 Å². The summed E-state index contributed by atoms with van der Waals surface area (Å²) in [5.74, 6) is 0.494. The van der Waals surface area contributed by atoms with Crippen molar-refractivity contribution in [1.82, 2.24) is 9.80 Å². The highest BCUT2D eigenvalue weighted by molar-refractivity contribution is 4.86. The molecule has 2 atom stereocenters. The minimum Gasteiger partial charge on any atom is -0.304 e. The molecule has 2 nitrogen and oxygen atoms in total. The molecule has 2 unspecified atom stereocenters. The van der Waals surface area contributed by atoms with Crippen molar-refractivity contribution in [2.24, 2.45) is 5.92 Å². The molecule has 78 valence electrons. The molecular weight excluding hydrogens is 174 g/mol. The summed E-state index contributed by atoms with van der Waals surface area (Å²) in [5, 5.41) is 0. The van der Waals surface area contributed by atoms with Gasteiger partial charge in [0.25, 0.3) is 6.43 Å². The Kier molecular flexibility index (Phi) is 3.62. The maximum atomic E-state index is 12.1. The lowest BCUT2D eigenvalue weighted by atomic mass is 10.1. The zero-order valence-corrected chi connectivity index (χ0v) is 8.50. The van der Waals surface area contributed by atoms with Gasteiger partial charge in [0.15, 0.2) is 0 Å². The molecule has 1 heterocycles. The van der Waals surface area contributed by atoms with E-state index < -0.39 is 6.43 Å². The van der Waals surface area contributed by atoms with Crippen molar-refractivity contribution in [2.45, 2.75) is 19.4 Å². The molecule has 0 saturated carbocycles. The third kappa shape index (κ3) is 2.88. The number of alkyl halides is 2. The summed E-state index contributed by atoms with van der Waals surface area (Å²) >= 11 is 0. The average molecular weight is 192 g/mol. The van der Waals surface area contributed by atoms with Gasteiger partial charge >= 0.3 is 0 Å². The van der Waals surface area contributed by atoms with Crippen LogP contribution in [0.15, 0.2) is 0 Å². The second-order valence-corrected chi connectivity index (χ2v) is 4.10. The fourth-order valence-corrected chi connectivity index (χ4v) is 2.11. The Morgan fingerprint density at radius 3 is 2.46 bits per heavy atom. The Morgan fingerprint density at radius 1 is 1.46 bits per heavy atom. The van der Waals surface area contributed by atoms with Crippen LogP contribution in [0, 0.1) is 5.92 Å². The smallest absolute Gasteiger partial charge is 0.251 e. The van der Waals surface area contributed by atoms with E-state index in [0.717, 1.165) is 13.1 Å². The van der Waals surface area contributed by atoms with Crippen molar-refractivity contribution < 1.29 is 8.78 Å². The van der Waals surface area contributed by atoms with Gasteiger partial charge in [-0.15, -0.1) is 0 Å². The minimum atomic E-state index is -2.22. The maximum absolute atomic E-state index is 12.1. The van der Waals surface area contributed by atoms with E-state index in [1.54, 1.807) is 11.9 Å². The van der Waals surface area contributed by atoms with Crippen LogP contribution >= 0.6 is 0 Å². The standard InChI is InChI=1S/C9H18F2N2/c1-7-4-12(2)5-8(7)13(3)6-9(10)11/h7-9H,4-6H2,1-3H3. The predicted molar refractivity (Wildman–Crippen MR) is 49.1 cm³/mol. The highest BCUT2D eigenvalue weighted by Gasteiger charge is 2.31. The van der Waals surface area contributed by atoms with Crippen LogP contribution in [0.1, 0.15) is 6.92 Å². The first-order valence-electron chi connectivity index (χ1n) is 4.67. The molecule has 1 saturated heterocycles. The van der Waals surface area contributed by atoms with E-state index >= 15 is 0 Å². The predicted octanol–water partition coefficient (Wildman–Crippen LogP) is 1.13. The lowest BCUT2D eigenvalue weighted by molar-refractivity contribution is 0.0754. The number of hydrogen-bond acceptors (Lipinski definition) is 2. The first kappa shape index (κ1) is 10.9. The van der Waals surface area contributed by atoms with Gasteiger partial charge in [-0.1, -0.05) is 6.92 Å².